The van der Waals surface area contributed by atoms with Crippen molar-refractivity contribution in [2.75, 3.05) is 18.4 Å². The monoisotopic (exact) mass is 360 g/mol. The highest BCUT2D eigenvalue weighted by Gasteiger charge is 2.32. The molecule has 8 nitrogen and oxygen atoms in total. The number of carbonyl (C=O) groups is 2. The minimum absolute atomic E-state index is 0.143. The minimum Gasteiger partial charge on any atom is -0.481 e. The highest BCUT2D eigenvalue weighted by atomic mass is 19.1. The summed E-state index contributed by atoms with van der Waals surface area (Å²) in [4.78, 5) is 29.2. The quantitative estimate of drug-likeness (QED) is 0.868. The molecule has 2 N–H and O–H groups in total. The Balaban J connectivity index is 1.54. The third-order valence-corrected chi connectivity index (χ3v) is 4.66. The fourth-order valence-corrected chi connectivity index (χ4v) is 2.99. The van der Waals surface area contributed by atoms with Gasteiger partial charge >= 0.3 is 12.0 Å². The van der Waals surface area contributed by atoms with E-state index in [1.54, 1.807) is 0 Å². The summed E-state index contributed by atoms with van der Waals surface area (Å²) in [7, 11) is 0. The van der Waals surface area contributed by atoms with Crippen molar-refractivity contribution < 1.29 is 23.6 Å². The predicted octanol–water partition coefficient (Wildman–Crippen LogP) is 2.69. The van der Waals surface area contributed by atoms with Crippen LogP contribution < -0.4 is 5.32 Å². The van der Waals surface area contributed by atoms with Gasteiger partial charge in [-0.2, -0.15) is 4.98 Å². The number of carbonyl (C=O) groups excluding carboxylic acids is 1. The number of benzene rings is 1. The van der Waals surface area contributed by atoms with E-state index in [2.05, 4.69) is 15.5 Å². The lowest BCUT2D eigenvalue weighted by atomic mass is 10.1. The first-order valence-electron chi connectivity index (χ1n) is 8.43. The van der Waals surface area contributed by atoms with Gasteiger partial charge in [-0.3, -0.25) is 4.79 Å². The normalized spacial score (nSPS) is 19.6. The third kappa shape index (κ3) is 3.24. The lowest BCUT2D eigenvalue weighted by Gasteiger charge is -2.17. The lowest BCUT2D eigenvalue weighted by Crippen LogP contribution is -2.34. The van der Waals surface area contributed by atoms with E-state index in [0.29, 0.717) is 30.0 Å². The zero-order valence-electron chi connectivity index (χ0n) is 13.8. The first-order chi connectivity index (χ1) is 12.5. The Hall–Kier alpha value is -2.97. The van der Waals surface area contributed by atoms with Crippen LogP contribution in [0.25, 0.3) is 11.5 Å². The Bertz CT molecular complexity index is 864. The van der Waals surface area contributed by atoms with Crippen molar-refractivity contribution in [3.63, 3.8) is 0 Å². The number of nitrogens with zero attached hydrogens (tertiary/aromatic N) is 3. The molecule has 1 aromatic heterocycles. The smallest absolute Gasteiger partial charge is 0.321 e. The first-order valence-corrected chi connectivity index (χ1v) is 8.43. The van der Waals surface area contributed by atoms with Gasteiger partial charge in [-0.15, -0.1) is 0 Å². The number of aromatic nitrogens is 2. The van der Waals surface area contributed by atoms with Gasteiger partial charge in [0.15, 0.2) is 5.82 Å². The lowest BCUT2D eigenvalue weighted by molar-refractivity contribution is -0.141. The summed E-state index contributed by atoms with van der Waals surface area (Å²) < 4.78 is 18.9. The van der Waals surface area contributed by atoms with Crippen LogP contribution in [0.4, 0.5) is 14.9 Å². The Morgan fingerprint density at radius 2 is 2.12 bits per heavy atom. The predicted molar refractivity (Wildman–Crippen MR) is 88.0 cm³/mol. The van der Waals surface area contributed by atoms with Crippen molar-refractivity contribution in [2.24, 2.45) is 5.92 Å². The Morgan fingerprint density at radius 3 is 2.81 bits per heavy atom. The number of hydrogen-bond donors (Lipinski definition) is 2. The standard InChI is InChI=1S/C17H17FN4O4/c18-11-3-4-13(19-17(25)22-6-5-10(8-22)16(23)24)12(7-11)15-20-14(21-26-15)9-1-2-9/h3-4,7,9-10H,1-2,5-6,8H2,(H,19,25)(H,23,24). The molecular formula is C17H17FN4O4. The van der Waals surface area contributed by atoms with Crippen LogP contribution in [0.1, 0.15) is 31.0 Å². The van der Waals surface area contributed by atoms with Crippen LogP contribution in [-0.4, -0.2) is 45.2 Å². The molecule has 0 radical (unpaired) electrons. The molecule has 9 heteroatoms. The fourth-order valence-electron chi connectivity index (χ4n) is 2.99. The highest BCUT2D eigenvalue weighted by molar-refractivity contribution is 5.94. The molecule has 1 saturated heterocycles. The van der Waals surface area contributed by atoms with Crippen LogP contribution in [0.15, 0.2) is 22.7 Å². The summed E-state index contributed by atoms with van der Waals surface area (Å²) in [5, 5.41) is 15.7. The molecule has 1 atom stereocenters. The SMILES string of the molecule is O=C(O)C1CCN(C(=O)Nc2ccc(F)cc2-c2nc(C3CC3)no2)C1. The van der Waals surface area contributed by atoms with E-state index in [-0.39, 0.29) is 18.4 Å². The molecule has 0 spiro atoms. The molecule has 1 aliphatic heterocycles. The maximum absolute atomic E-state index is 13.7. The molecular weight excluding hydrogens is 343 g/mol. The first kappa shape index (κ1) is 16.5. The van der Waals surface area contributed by atoms with Gasteiger partial charge in [-0.25, -0.2) is 9.18 Å². The van der Waals surface area contributed by atoms with Crippen LogP contribution in [0, 0.1) is 11.7 Å². The van der Waals surface area contributed by atoms with E-state index in [9.17, 15) is 14.0 Å². The maximum atomic E-state index is 13.7. The van der Waals surface area contributed by atoms with E-state index in [4.69, 9.17) is 9.63 Å². The van der Waals surface area contributed by atoms with Crippen LogP contribution in [0.5, 0.6) is 0 Å². The molecule has 2 aliphatic rings. The summed E-state index contributed by atoms with van der Waals surface area (Å²) >= 11 is 0. The average Bonchev–Trinajstić information content (AvgIpc) is 3.14. The van der Waals surface area contributed by atoms with Gasteiger partial charge in [-0.05, 0) is 37.5 Å². The largest absolute Gasteiger partial charge is 0.481 e. The molecule has 1 saturated carbocycles. The van der Waals surface area contributed by atoms with Crippen LogP contribution in [0.2, 0.25) is 0 Å². The zero-order chi connectivity index (χ0) is 18.3. The molecule has 0 bridgehead atoms. The highest BCUT2D eigenvalue weighted by Crippen LogP contribution is 2.39. The molecule has 1 aromatic carbocycles. The number of nitrogens with one attached hydrogen (secondary N) is 1. The summed E-state index contributed by atoms with van der Waals surface area (Å²) in [6.07, 6.45) is 2.42. The number of amides is 2. The average molecular weight is 360 g/mol. The molecule has 4 rings (SSSR count). The second-order valence-electron chi connectivity index (χ2n) is 6.62. The van der Waals surface area contributed by atoms with Gasteiger partial charge in [-0.1, -0.05) is 5.16 Å². The van der Waals surface area contributed by atoms with E-state index < -0.39 is 23.7 Å². The van der Waals surface area contributed by atoms with E-state index >= 15 is 0 Å². The minimum atomic E-state index is -0.916. The number of carboxylic acids is 1. The van der Waals surface area contributed by atoms with Crippen molar-refractivity contribution in [3.05, 3.63) is 29.8 Å². The topological polar surface area (TPSA) is 109 Å². The van der Waals surface area contributed by atoms with E-state index in [1.165, 1.54) is 23.1 Å². The molecule has 2 amide bonds. The van der Waals surface area contributed by atoms with Crippen molar-refractivity contribution in [1.29, 1.82) is 0 Å². The van der Waals surface area contributed by atoms with Crippen molar-refractivity contribution in [1.82, 2.24) is 15.0 Å². The van der Waals surface area contributed by atoms with Gasteiger partial charge < -0.3 is 19.8 Å². The Kier molecular flexibility index (Phi) is 4.06. The molecule has 1 aliphatic carbocycles. The van der Waals surface area contributed by atoms with Gasteiger partial charge in [0.05, 0.1) is 17.2 Å². The van der Waals surface area contributed by atoms with E-state index in [0.717, 1.165) is 12.8 Å². The number of anilines is 1. The third-order valence-electron chi connectivity index (χ3n) is 4.66. The molecule has 2 fully saturated rings. The van der Waals surface area contributed by atoms with Crippen LogP contribution in [-0.2, 0) is 4.79 Å². The molecule has 1 unspecified atom stereocenters. The Morgan fingerprint density at radius 1 is 1.31 bits per heavy atom. The summed E-state index contributed by atoms with van der Waals surface area (Å²) in [5.74, 6) is -0.948. The van der Waals surface area contributed by atoms with Crippen molar-refractivity contribution in [2.45, 2.75) is 25.2 Å². The maximum Gasteiger partial charge on any atom is 0.321 e. The summed E-state index contributed by atoms with van der Waals surface area (Å²) in [6.45, 7) is 0.496. The number of hydrogen-bond acceptors (Lipinski definition) is 5. The number of likely N-dealkylation sites (tertiary alicyclic amines) is 1. The molecule has 2 heterocycles. The second kappa shape index (κ2) is 6.40. The van der Waals surface area contributed by atoms with Gasteiger partial charge in [0, 0.05) is 19.0 Å². The summed E-state index contributed by atoms with van der Waals surface area (Å²) in [5.41, 5.74) is 0.632. The number of rotatable bonds is 4. The van der Waals surface area contributed by atoms with Gasteiger partial charge in [0.1, 0.15) is 5.82 Å². The fraction of sp³-hybridized carbons (Fsp3) is 0.412. The second-order valence-corrected chi connectivity index (χ2v) is 6.62. The molecule has 136 valence electrons. The number of halogens is 1. The number of carboxylic acid groups (broad SMARTS) is 1. The van der Waals surface area contributed by atoms with Crippen LogP contribution >= 0.6 is 0 Å². The summed E-state index contributed by atoms with van der Waals surface area (Å²) in [6, 6.07) is 3.43. The van der Waals surface area contributed by atoms with E-state index in [1.807, 2.05) is 0 Å². The molecule has 2 aromatic rings. The van der Waals surface area contributed by atoms with Gasteiger partial charge in [0.25, 0.3) is 5.89 Å². The van der Waals surface area contributed by atoms with Crippen LogP contribution in [0.3, 0.4) is 0 Å². The Labute approximate surface area is 148 Å². The van der Waals surface area contributed by atoms with Crippen molar-refractivity contribution >= 4 is 17.7 Å². The van der Waals surface area contributed by atoms with Crippen molar-refractivity contribution in [3.8, 4) is 11.5 Å². The molecule has 26 heavy (non-hydrogen) atoms. The number of aliphatic carboxylic acids is 1. The number of urea groups is 1. The van der Waals surface area contributed by atoms with Gasteiger partial charge in [0.2, 0.25) is 0 Å². The zero-order valence-corrected chi connectivity index (χ0v) is 13.8.